The van der Waals surface area contributed by atoms with Crippen LogP contribution in [-0.2, 0) is 43.5 Å². The van der Waals surface area contributed by atoms with E-state index in [0.717, 1.165) is 75.3 Å². The van der Waals surface area contributed by atoms with Crippen molar-refractivity contribution in [2.75, 3.05) is 19.8 Å². The number of hydrogen-bond donors (Lipinski definition) is 1. The Labute approximate surface area is 336 Å². The molecule has 0 unspecified atom stereocenters. The van der Waals surface area contributed by atoms with Gasteiger partial charge in [0.2, 0.25) is 0 Å². The summed E-state index contributed by atoms with van der Waals surface area (Å²) in [6.07, 6.45) is 7.55. The molecule has 308 valence electrons. The second-order valence-electron chi connectivity index (χ2n) is 15.9. The predicted octanol–water partition coefficient (Wildman–Crippen LogP) is 8.77. The molecule has 0 aliphatic carbocycles. The minimum atomic E-state index is -1.28. The Kier molecular flexibility index (Phi) is 19.6. The number of hydrogen-bond acceptors (Lipinski definition) is 8. The largest absolute Gasteiger partial charge is 0.530 e. The number of nitrogens with zero attached hydrogens (tertiary/aromatic N) is 1. The fourth-order valence-electron chi connectivity index (χ4n) is 7.58. The van der Waals surface area contributed by atoms with Crippen molar-refractivity contribution < 1.29 is 38.7 Å². The number of aliphatic hydroxyl groups is 1. The van der Waals surface area contributed by atoms with Crippen LogP contribution in [0.5, 0.6) is 0 Å². The van der Waals surface area contributed by atoms with E-state index in [4.69, 9.17) is 23.7 Å². The van der Waals surface area contributed by atoms with Gasteiger partial charge in [0.15, 0.2) is 5.79 Å². The summed E-state index contributed by atoms with van der Waals surface area (Å²) in [5, 5.41) is 24.2. The van der Waals surface area contributed by atoms with Gasteiger partial charge in [-0.3, -0.25) is 0 Å². The van der Waals surface area contributed by atoms with Gasteiger partial charge in [-0.15, -0.1) is 6.58 Å². The summed E-state index contributed by atoms with van der Waals surface area (Å²) in [5.74, 6) is -0.496. The molecule has 0 spiro atoms. The van der Waals surface area contributed by atoms with Gasteiger partial charge in [0.05, 0.1) is 39.1 Å². The van der Waals surface area contributed by atoms with Gasteiger partial charge in [-0.25, -0.2) is 0 Å². The average molecular weight is 773 g/mol. The third-order valence-electron chi connectivity index (χ3n) is 10.4. The third-order valence-corrected chi connectivity index (χ3v) is 10.4. The van der Waals surface area contributed by atoms with E-state index >= 15 is 0 Å². The topological polar surface area (TPSA) is 110 Å². The van der Waals surface area contributed by atoms with Gasteiger partial charge in [-0.2, -0.15) is 0 Å². The molecule has 1 aliphatic heterocycles. The first-order chi connectivity index (χ1) is 27.1. The number of aliphatic hydroxyl groups excluding tert-OH is 1. The molecule has 4 rings (SSSR count). The highest BCUT2D eigenvalue weighted by Gasteiger charge is 2.41. The number of rotatable bonds is 27. The SMILES string of the molecule is C=C[C@H](O)[C@@H](OCc1ccccc1)[C@H](OCc1ccccc1)[C@@H](CCCCCCCCCC1(CCCOCc2ccccc2)OCCO1)N(C(=O)[O-])C(C)(C)C. The molecule has 56 heavy (non-hydrogen) atoms. The summed E-state index contributed by atoms with van der Waals surface area (Å²) in [7, 11) is 0. The lowest BCUT2D eigenvalue weighted by Crippen LogP contribution is -2.63. The maximum Gasteiger partial charge on any atom is 0.168 e. The second-order valence-corrected chi connectivity index (χ2v) is 15.9. The fraction of sp³-hybridized carbons (Fsp3) is 0.553. The molecule has 3 aromatic rings. The Morgan fingerprint density at radius 2 is 1.21 bits per heavy atom. The monoisotopic (exact) mass is 772 g/mol. The van der Waals surface area contributed by atoms with Crippen LogP contribution < -0.4 is 5.11 Å². The molecule has 4 atom stereocenters. The van der Waals surface area contributed by atoms with Crippen molar-refractivity contribution in [3.63, 3.8) is 0 Å². The molecule has 1 aliphatic rings. The standard InChI is InChI=1S/C47H67NO8/c1-5-42(49)44(54-37-40-27-18-13-19-28-40)43(53-36-39-25-16-12-17-26-39)41(48(45(50)51)46(2,3)4)29-20-9-7-6-8-10-21-30-47(55-33-34-56-47)31-22-32-52-35-38-23-14-11-15-24-38/h5,11-19,23-28,41-44,49H,1,6-10,20-22,29-37H2,2-4H3,(H,50,51)/p-1/t41-,42+,43-,44-/m1/s1. The molecule has 9 nitrogen and oxygen atoms in total. The van der Waals surface area contributed by atoms with Gasteiger partial charge in [0, 0.05) is 25.0 Å². The second kappa shape index (κ2) is 24.3. The lowest BCUT2D eigenvalue weighted by molar-refractivity contribution is -0.278. The van der Waals surface area contributed by atoms with Gasteiger partial charge in [0.25, 0.3) is 0 Å². The molecular formula is C47H66NO8-. The number of carboxylic acid groups (broad SMARTS) is 1. The van der Waals surface area contributed by atoms with Gasteiger partial charge in [-0.05, 0) is 56.7 Å². The molecule has 3 aromatic carbocycles. The zero-order chi connectivity index (χ0) is 40.1. The van der Waals surface area contributed by atoms with E-state index in [-0.39, 0.29) is 13.2 Å². The molecule has 1 amide bonds. The molecule has 0 saturated carbocycles. The molecule has 0 bridgehead atoms. The Balaban J connectivity index is 1.31. The Morgan fingerprint density at radius 3 is 1.71 bits per heavy atom. The molecule has 1 fully saturated rings. The summed E-state index contributed by atoms with van der Waals surface area (Å²) >= 11 is 0. The molecule has 0 aromatic heterocycles. The molecule has 1 N–H and O–H groups in total. The fourth-order valence-corrected chi connectivity index (χ4v) is 7.58. The highest BCUT2D eigenvalue weighted by Crippen LogP contribution is 2.32. The van der Waals surface area contributed by atoms with Crippen LogP contribution in [0, 0.1) is 0 Å². The summed E-state index contributed by atoms with van der Waals surface area (Å²) < 4.78 is 31.2. The van der Waals surface area contributed by atoms with Crippen molar-refractivity contribution in [3.05, 3.63) is 120 Å². The number of carbonyl (C=O) groups excluding carboxylic acids is 1. The summed E-state index contributed by atoms with van der Waals surface area (Å²) in [5.41, 5.74) is 2.26. The van der Waals surface area contributed by atoms with E-state index in [9.17, 15) is 15.0 Å². The lowest BCUT2D eigenvalue weighted by Gasteiger charge is -2.48. The van der Waals surface area contributed by atoms with Crippen LogP contribution in [0.4, 0.5) is 4.79 Å². The van der Waals surface area contributed by atoms with Crippen molar-refractivity contribution >= 4 is 6.09 Å². The minimum absolute atomic E-state index is 0.220. The molecule has 1 heterocycles. The van der Waals surface area contributed by atoms with Crippen molar-refractivity contribution in [2.24, 2.45) is 0 Å². The highest BCUT2D eigenvalue weighted by atomic mass is 16.7. The van der Waals surface area contributed by atoms with Crippen LogP contribution >= 0.6 is 0 Å². The smallest absolute Gasteiger partial charge is 0.168 e. The van der Waals surface area contributed by atoms with Gasteiger partial charge >= 0.3 is 0 Å². The van der Waals surface area contributed by atoms with Gasteiger partial charge in [0.1, 0.15) is 24.4 Å². The number of ether oxygens (including phenoxy) is 5. The summed E-state index contributed by atoms with van der Waals surface area (Å²) in [4.78, 5) is 14.3. The molecular weight excluding hydrogens is 707 g/mol. The summed E-state index contributed by atoms with van der Waals surface area (Å²) in [6, 6.07) is 29.0. The van der Waals surface area contributed by atoms with Crippen molar-refractivity contribution in [1.29, 1.82) is 0 Å². The quantitative estimate of drug-likeness (QED) is 0.0606. The predicted molar refractivity (Wildman–Crippen MR) is 219 cm³/mol. The van der Waals surface area contributed by atoms with E-state index in [2.05, 4.69) is 18.7 Å². The number of amides is 1. The maximum atomic E-state index is 12.9. The zero-order valence-corrected chi connectivity index (χ0v) is 34.0. The number of carbonyl (C=O) groups is 1. The summed E-state index contributed by atoms with van der Waals surface area (Å²) in [6.45, 7) is 12.5. The van der Waals surface area contributed by atoms with E-state index in [1.807, 2.05) is 99.6 Å². The lowest BCUT2D eigenvalue weighted by atomic mass is 9.90. The van der Waals surface area contributed by atoms with E-state index in [0.29, 0.717) is 32.8 Å². The van der Waals surface area contributed by atoms with Crippen LogP contribution in [0.3, 0.4) is 0 Å². The highest BCUT2D eigenvalue weighted by molar-refractivity contribution is 5.64. The average Bonchev–Trinajstić information content (AvgIpc) is 3.66. The molecule has 9 heteroatoms. The van der Waals surface area contributed by atoms with Crippen LogP contribution in [-0.4, -0.2) is 71.6 Å². The van der Waals surface area contributed by atoms with Crippen LogP contribution in [0.15, 0.2) is 104 Å². The van der Waals surface area contributed by atoms with Crippen LogP contribution in [0.2, 0.25) is 0 Å². The zero-order valence-electron chi connectivity index (χ0n) is 34.0. The van der Waals surface area contributed by atoms with Crippen molar-refractivity contribution in [3.8, 4) is 0 Å². The first-order valence-corrected chi connectivity index (χ1v) is 20.6. The number of benzene rings is 3. The van der Waals surface area contributed by atoms with Crippen molar-refractivity contribution in [1.82, 2.24) is 4.90 Å². The third kappa shape index (κ3) is 15.4. The number of unbranched alkanes of at least 4 members (excludes halogenated alkanes) is 6. The van der Waals surface area contributed by atoms with E-state index in [1.54, 1.807) is 0 Å². The molecule has 1 saturated heterocycles. The van der Waals surface area contributed by atoms with Crippen molar-refractivity contribution in [2.45, 2.75) is 147 Å². The van der Waals surface area contributed by atoms with E-state index in [1.165, 1.54) is 16.5 Å². The Morgan fingerprint density at radius 1 is 0.750 bits per heavy atom. The van der Waals surface area contributed by atoms with Crippen LogP contribution in [0.1, 0.15) is 108 Å². The first kappa shape index (κ1) is 45.1. The van der Waals surface area contributed by atoms with E-state index < -0.39 is 41.8 Å². The molecule has 0 radical (unpaired) electrons. The Bertz CT molecular complexity index is 1490. The maximum absolute atomic E-state index is 12.9. The van der Waals surface area contributed by atoms with Gasteiger partial charge in [-0.1, -0.05) is 136 Å². The first-order valence-electron chi connectivity index (χ1n) is 20.6. The van der Waals surface area contributed by atoms with Crippen LogP contribution in [0.25, 0.3) is 0 Å². The van der Waals surface area contributed by atoms with Gasteiger partial charge < -0.3 is 43.6 Å². The minimum Gasteiger partial charge on any atom is -0.530 e. The normalized spacial score (nSPS) is 16.2. The Hall–Kier alpha value is -3.57.